The number of imide groups is 2. The monoisotopic (exact) mass is 645 g/mol. The summed E-state index contributed by atoms with van der Waals surface area (Å²) in [6, 6.07) is 2.25. The Labute approximate surface area is 262 Å². The van der Waals surface area contributed by atoms with Crippen molar-refractivity contribution in [3.63, 3.8) is 0 Å². The average Bonchev–Trinajstić information content (AvgIpc) is 3.24. The summed E-state index contributed by atoms with van der Waals surface area (Å²) in [6.45, 7) is 4.03. The number of fused-ring (bicyclic) bond motifs is 1. The fourth-order valence-electron chi connectivity index (χ4n) is 8.46. The van der Waals surface area contributed by atoms with Crippen LogP contribution in [-0.4, -0.2) is 109 Å². The molecule has 4 saturated heterocycles. The lowest BCUT2D eigenvalue weighted by Crippen LogP contribution is -2.65. The molecule has 244 valence electrons. The van der Waals surface area contributed by atoms with Crippen LogP contribution in [0.3, 0.4) is 0 Å². The van der Waals surface area contributed by atoms with Gasteiger partial charge < -0.3 is 15.5 Å². The number of quaternary nitrogens is 1. The third kappa shape index (κ3) is 5.36. The fraction of sp³-hybridized carbons (Fsp3) is 0.677. The predicted molar refractivity (Wildman–Crippen MR) is 161 cm³/mol. The van der Waals surface area contributed by atoms with Gasteiger partial charge in [-0.3, -0.25) is 29.4 Å². The first-order valence-electron chi connectivity index (χ1n) is 16.3. The lowest BCUT2D eigenvalue weighted by Gasteiger charge is -2.56. The summed E-state index contributed by atoms with van der Waals surface area (Å²) in [5, 5.41) is 1.88. The van der Waals surface area contributed by atoms with Gasteiger partial charge in [-0.25, -0.2) is 17.1 Å². The van der Waals surface area contributed by atoms with E-state index in [0.29, 0.717) is 51.1 Å². The maximum absolute atomic E-state index is 15.4. The lowest BCUT2D eigenvalue weighted by molar-refractivity contribution is -0.425. The van der Waals surface area contributed by atoms with E-state index in [2.05, 4.69) is 16.0 Å². The van der Waals surface area contributed by atoms with Crippen LogP contribution >= 0.6 is 0 Å². The predicted octanol–water partition coefficient (Wildman–Crippen LogP) is 0.476. The number of anilines is 1. The SMILES string of the molecule is [NH3+]C1CCN(S(=O)(=O)C2CCN(C3CC4(CCN(c5cc6c(cc5F)C(=O)N(C5CCC(=O)NC5=O)C6=O)CC4)C3)CC2)CC1. The topological polar surface area (TPSA) is 155 Å². The van der Waals surface area contributed by atoms with Gasteiger partial charge in [0.2, 0.25) is 21.8 Å². The number of carbonyl (C=O) groups is 4. The molecule has 1 unspecified atom stereocenters. The van der Waals surface area contributed by atoms with E-state index in [4.69, 9.17) is 0 Å². The summed E-state index contributed by atoms with van der Waals surface area (Å²) in [6.07, 6.45) is 6.97. The Morgan fingerprint density at radius 2 is 1.47 bits per heavy atom. The lowest BCUT2D eigenvalue weighted by atomic mass is 9.59. The largest absolute Gasteiger partial charge is 0.369 e. The van der Waals surface area contributed by atoms with Crippen LogP contribution in [0.15, 0.2) is 12.1 Å². The molecular formula is C31H42FN6O6S+. The van der Waals surface area contributed by atoms with Crippen LogP contribution < -0.4 is 16.0 Å². The van der Waals surface area contributed by atoms with Crippen molar-refractivity contribution in [2.45, 2.75) is 87.6 Å². The standard InChI is InChI=1S/C31H41FN6O6S/c32-24-15-22-23(30(42)38(29(22)41)25-1-2-27(39)34-28(25)40)16-26(24)36-13-7-31(8-14-36)17-20(18-31)35-9-5-21(6-10-35)45(43,44)37-11-3-19(33)4-12-37/h15-16,19-21,25H,1-14,17-18,33H2,(H,34,39,40)/p+1. The molecule has 5 fully saturated rings. The number of rotatable bonds is 5. The van der Waals surface area contributed by atoms with Crippen LogP contribution in [0.4, 0.5) is 10.1 Å². The maximum Gasteiger partial charge on any atom is 0.262 e. The Hall–Kier alpha value is -2.94. The smallest absolute Gasteiger partial charge is 0.262 e. The Bertz CT molecular complexity index is 1520. The Morgan fingerprint density at radius 1 is 0.844 bits per heavy atom. The Kier molecular flexibility index (Phi) is 7.77. The first kappa shape index (κ1) is 30.7. The van der Waals surface area contributed by atoms with Crippen molar-refractivity contribution in [3.05, 3.63) is 29.1 Å². The molecule has 4 amide bonds. The summed E-state index contributed by atoms with van der Waals surface area (Å²) < 4.78 is 43.5. The van der Waals surface area contributed by atoms with Gasteiger partial charge in [-0.15, -0.1) is 0 Å². The van der Waals surface area contributed by atoms with Gasteiger partial charge in [0.1, 0.15) is 11.9 Å². The van der Waals surface area contributed by atoms with Crippen molar-refractivity contribution in [2.24, 2.45) is 5.41 Å². The van der Waals surface area contributed by atoms with E-state index in [0.717, 1.165) is 62.6 Å². The summed E-state index contributed by atoms with van der Waals surface area (Å²) in [5.41, 5.74) is 4.58. The van der Waals surface area contributed by atoms with Crippen LogP contribution in [-0.2, 0) is 19.6 Å². The van der Waals surface area contributed by atoms with Crippen molar-refractivity contribution in [2.75, 3.05) is 44.2 Å². The van der Waals surface area contributed by atoms with E-state index < -0.39 is 45.5 Å². The number of benzene rings is 1. The summed E-state index contributed by atoms with van der Waals surface area (Å²) >= 11 is 0. The molecule has 1 aliphatic carbocycles. The molecule has 7 rings (SSSR count). The van der Waals surface area contributed by atoms with Crippen molar-refractivity contribution < 1.29 is 37.7 Å². The number of carbonyl (C=O) groups excluding carboxylic acids is 4. The minimum atomic E-state index is -3.26. The highest BCUT2D eigenvalue weighted by molar-refractivity contribution is 7.89. The number of likely N-dealkylation sites (tertiary alicyclic amines) is 1. The van der Waals surface area contributed by atoms with Crippen LogP contribution in [0.25, 0.3) is 0 Å². The van der Waals surface area contributed by atoms with E-state index in [1.54, 1.807) is 4.31 Å². The molecular weight excluding hydrogens is 603 g/mol. The molecule has 1 aromatic carbocycles. The van der Waals surface area contributed by atoms with Gasteiger partial charge in [0.15, 0.2) is 0 Å². The van der Waals surface area contributed by atoms with Gasteiger partial charge in [-0.1, -0.05) is 0 Å². The van der Waals surface area contributed by atoms with Crippen LogP contribution in [0, 0.1) is 11.2 Å². The molecule has 0 bridgehead atoms. The second-order valence-electron chi connectivity index (χ2n) is 14.0. The van der Waals surface area contributed by atoms with Gasteiger partial charge >= 0.3 is 0 Å². The quantitative estimate of drug-likeness (QED) is 0.439. The summed E-state index contributed by atoms with van der Waals surface area (Å²) in [5.74, 6) is -3.07. The zero-order chi connectivity index (χ0) is 31.7. The number of hydrogen-bond acceptors (Lipinski definition) is 8. The normalized spacial score (nSPS) is 27.6. The molecule has 4 N–H and O–H groups in total. The minimum absolute atomic E-state index is 0.0242. The van der Waals surface area contributed by atoms with Gasteiger partial charge in [-0.2, -0.15) is 0 Å². The molecule has 6 aliphatic rings. The van der Waals surface area contributed by atoms with Crippen LogP contribution in [0.5, 0.6) is 0 Å². The molecule has 12 nitrogen and oxygen atoms in total. The van der Waals surface area contributed by atoms with E-state index in [-0.39, 0.29) is 40.3 Å². The van der Waals surface area contributed by atoms with Crippen molar-refractivity contribution in [3.8, 4) is 0 Å². The summed E-state index contributed by atoms with van der Waals surface area (Å²) in [4.78, 5) is 55.5. The average molecular weight is 646 g/mol. The van der Waals surface area contributed by atoms with Crippen molar-refractivity contribution >= 4 is 39.3 Å². The number of sulfonamides is 1. The van der Waals surface area contributed by atoms with E-state index in [1.807, 2.05) is 4.90 Å². The molecule has 5 aliphatic heterocycles. The Morgan fingerprint density at radius 3 is 2.09 bits per heavy atom. The van der Waals surface area contributed by atoms with Crippen LogP contribution in [0.2, 0.25) is 0 Å². The van der Waals surface area contributed by atoms with Crippen molar-refractivity contribution in [1.82, 2.24) is 19.4 Å². The highest BCUT2D eigenvalue weighted by Crippen LogP contribution is 2.52. The van der Waals surface area contributed by atoms with Gasteiger partial charge in [0.25, 0.3) is 11.8 Å². The first-order valence-corrected chi connectivity index (χ1v) is 17.8. The number of hydrogen-bond donors (Lipinski definition) is 2. The van der Waals surface area contributed by atoms with E-state index >= 15 is 4.39 Å². The maximum atomic E-state index is 15.4. The molecule has 1 saturated carbocycles. The number of nitrogens with zero attached hydrogens (tertiary/aromatic N) is 4. The minimum Gasteiger partial charge on any atom is -0.369 e. The number of amides is 4. The summed E-state index contributed by atoms with van der Waals surface area (Å²) in [7, 11) is -3.26. The number of halogens is 1. The van der Waals surface area contributed by atoms with Gasteiger partial charge in [0.05, 0.1) is 28.1 Å². The molecule has 1 aromatic rings. The fourth-order valence-corrected chi connectivity index (χ4v) is 10.4. The molecule has 5 heterocycles. The van der Waals surface area contributed by atoms with E-state index in [9.17, 15) is 27.6 Å². The third-order valence-electron chi connectivity index (χ3n) is 11.4. The highest BCUT2D eigenvalue weighted by Gasteiger charge is 2.50. The second kappa shape index (κ2) is 11.4. The van der Waals surface area contributed by atoms with Crippen molar-refractivity contribution in [1.29, 1.82) is 0 Å². The number of nitrogens with one attached hydrogen (secondary N) is 1. The van der Waals surface area contributed by atoms with Crippen LogP contribution in [0.1, 0.15) is 84.9 Å². The molecule has 0 radical (unpaired) electrons. The van der Waals surface area contributed by atoms with Gasteiger partial charge in [0, 0.05) is 51.5 Å². The second-order valence-corrected chi connectivity index (χ2v) is 16.2. The zero-order valence-electron chi connectivity index (χ0n) is 25.5. The first-order chi connectivity index (χ1) is 21.5. The highest BCUT2D eigenvalue weighted by atomic mass is 32.2. The third-order valence-corrected chi connectivity index (χ3v) is 13.8. The molecule has 14 heteroatoms. The van der Waals surface area contributed by atoms with E-state index in [1.165, 1.54) is 6.07 Å². The molecule has 1 atom stereocenters. The molecule has 45 heavy (non-hydrogen) atoms. The molecule has 0 aromatic heterocycles. The van der Waals surface area contributed by atoms with Gasteiger partial charge in [-0.05, 0) is 75.6 Å². The number of piperidine rings is 4. The zero-order valence-corrected chi connectivity index (χ0v) is 26.3. The molecule has 1 spiro atoms. The Balaban J connectivity index is 0.932.